The zero-order valence-electron chi connectivity index (χ0n) is 21.8. The number of aromatic nitrogens is 2. The smallest absolute Gasteiger partial charge is 0.475 e. The Hall–Kier alpha value is -3.13. The fourth-order valence-corrected chi connectivity index (χ4v) is 5.16. The highest BCUT2D eigenvalue weighted by Gasteiger charge is 2.45. The maximum Gasteiger partial charge on any atom is 0.490 e. The second kappa shape index (κ2) is 12.6. The molecular weight excluding hydrogens is 546 g/mol. The molecule has 1 aromatic heterocycles. The number of halogens is 6. The molecule has 2 aliphatic carbocycles. The number of carboxylic acids is 2. The lowest BCUT2D eigenvalue weighted by molar-refractivity contribution is -0.193. The Morgan fingerprint density at radius 1 is 1.02 bits per heavy atom. The summed E-state index contributed by atoms with van der Waals surface area (Å²) in [7, 11) is 2.07. The first kappa shape index (κ1) is 31.4. The number of hydrogen-bond donors (Lipinski definition) is 3. The maximum absolute atomic E-state index is 10.6. The Morgan fingerprint density at radius 2 is 1.57 bits per heavy atom. The molecule has 1 atom stereocenters. The summed E-state index contributed by atoms with van der Waals surface area (Å²) in [6, 6.07) is 9.64. The van der Waals surface area contributed by atoms with Crippen molar-refractivity contribution < 1.29 is 46.1 Å². The number of nitrogens with one attached hydrogen (secondary N) is 1. The van der Waals surface area contributed by atoms with Gasteiger partial charge in [0.05, 0.1) is 6.54 Å². The van der Waals surface area contributed by atoms with Gasteiger partial charge in [0.15, 0.2) is 0 Å². The topological polar surface area (TPSA) is 108 Å². The van der Waals surface area contributed by atoms with Crippen molar-refractivity contribution in [2.45, 2.75) is 62.5 Å². The molecule has 1 aromatic carbocycles. The van der Waals surface area contributed by atoms with Crippen molar-refractivity contribution in [1.82, 2.24) is 19.8 Å². The van der Waals surface area contributed by atoms with Crippen LogP contribution < -0.4 is 5.32 Å². The highest BCUT2D eigenvalue weighted by Crippen LogP contribution is 2.51. The van der Waals surface area contributed by atoms with Crippen molar-refractivity contribution in [1.29, 1.82) is 0 Å². The van der Waals surface area contributed by atoms with Gasteiger partial charge in [0.25, 0.3) is 0 Å². The van der Waals surface area contributed by atoms with Crippen LogP contribution in [0.25, 0.3) is 0 Å². The molecule has 222 valence electrons. The van der Waals surface area contributed by atoms with Gasteiger partial charge < -0.3 is 25.0 Å². The van der Waals surface area contributed by atoms with Gasteiger partial charge in [-0.15, -0.1) is 0 Å². The van der Waals surface area contributed by atoms with E-state index in [9.17, 15) is 26.3 Å². The number of fused-ring (bicyclic) bond motifs is 2. The largest absolute Gasteiger partial charge is 0.490 e. The molecular formula is C26H32F6N4O4. The monoisotopic (exact) mass is 578 g/mol. The highest BCUT2D eigenvalue weighted by molar-refractivity contribution is 5.73. The minimum atomic E-state index is -5.08. The van der Waals surface area contributed by atoms with Crippen LogP contribution in [-0.2, 0) is 28.6 Å². The minimum Gasteiger partial charge on any atom is -0.475 e. The number of hydrogen-bond acceptors (Lipinski definition) is 5. The van der Waals surface area contributed by atoms with E-state index in [0.717, 1.165) is 18.3 Å². The number of carboxylic acid groups (broad SMARTS) is 2. The number of likely N-dealkylation sites (tertiary alicyclic amines) is 1. The van der Waals surface area contributed by atoms with Gasteiger partial charge in [-0.2, -0.15) is 26.3 Å². The summed E-state index contributed by atoms with van der Waals surface area (Å²) < 4.78 is 65.6. The molecule has 0 radical (unpaired) electrons. The number of nitrogens with zero attached hydrogens (tertiary/aromatic N) is 3. The number of piperidine rings is 1. The van der Waals surface area contributed by atoms with Crippen LogP contribution in [0.5, 0.6) is 0 Å². The number of aliphatic carboxylic acids is 2. The molecule has 1 aliphatic heterocycles. The number of rotatable bonds is 5. The quantitative estimate of drug-likeness (QED) is 0.443. The van der Waals surface area contributed by atoms with Crippen molar-refractivity contribution in [2.75, 3.05) is 19.6 Å². The SMILES string of the molecule is Cn1ccnc1CNC1CC2(CCN(CC3CC3)CC2)c2ccccc21.O=C(O)C(F)(F)F.O=C(O)C(F)(F)F. The molecule has 8 nitrogen and oxygen atoms in total. The predicted molar refractivity (Wildman–Crippen MR) is 131 cm³/mol. The Balaban J connectivity index is 0.000000263. The van der Waals surface area contributed by atoms with Crippen molar-refractivity contribution in [3.8, 4) is 0 Å². The Bertz CT molecular complexity index is 1130. The van der Waals surface area contributed by atoms with E-state index in [1.165, 1.54) is 57.3 Å². The Morgan fingerprint density at radius 3 is 2.05 bits per heavy atom. The van der Waals surface area contributed by atoms with Crippen LogP contribution in [0.3, 0.4) is 0 Å². The average molecular weight is 579 g/mol. The number of alkyl halides is 6. The molecule has 2 heterocycles. The van der Waals surface area contributed by atoms with Crippen LogP contribution in [0.4, 0.5) is 26.3 Å². The van der Waals surface area contributed by atoms with E-state index in [1.54, 1.807) is 5.56 Å². The third kappa shape index (κ3) is 8.43. The molecule has 0 amide bonds. The van der Waals surface area contributed by atoms with Crippen molar-refractivity contribution in [3.05, 3.63) is 53.6 Å². The van der Waals surface area contributed by atoms with E-state index >= 15 is 0 Å². The normalized spacial score (nSPS) is 20.1. The van der Waals surface area contributed by atoms with Crippen LogP contribution in [-0.4, -0.2) is 68.6 Å². The van der Waals surface area contributed by atoms with Crippen molar-refractivity contribution in [2.24, 2.45) is 13.0 Å². The van der Waals surface area contributed by atoms with Gasteiger partial charge in [0.1, 0.15) is 5.82 Å². The van der Waals surface area contributed by atoms with Crippen LogP contribution in [0.2, 0.25) is 0 Å². The first-order valence-corrected chi connectivity index (χ1v) is 12.7. The van der Waals surface area contributed by atoms with Crippen molar-refractivity contribution >= 4 is 11.9 Å². The zero-order valence-corrected chi connectivity index (χ0v) is 21.8. The van der Waals surface area contributed by atoms with Crippen LogP contribution >= 0.6 is 0 Å². The molecule has 3 aliphatic rings. The summed E-state index contributed by atoms with van der Waals surface area (Å²) in [5.41, 5.74) is 3.52. The molecule has 1 saturated carbocycles. The second-order valence-corrected chi connectivity index (χ2v) is 10.3. The lowest BCUT2D eigenvalue weighted by Crippen LogP contribution is -2.42. The molecule has 1 saturated heterocycles. The van der Waals surface area contributed by atoms with Crippen LogP contribution in [0.1, 0.15) is 55.1 Å². The van der Waals surface area contributed by atoms with Gasteiger partial charge in [-0.3, -0.25) is 0 Å². The summed E-state index contributed by atoms with van der Waals surface area (Å²) in [5.74, 6) is -3.39. The molecule has 0 bridgehead atoms. The van der Waals surface area contributed by atoms with E-state index in [0.29, 0.717) is 11.5 Å². The average Bonchev–Trinajstić information content (AvgIpc) is 3.52. The number of imidazole rings is 1. The van der Waals surface area contributed by atoms with Gasteiger partial charge in [0.2, 0.25) is 0 Å². The molecule has 1 unspecified atom stereocenters. The summed E-state index contributed by atoms with van der Waals surface area (Å²) >= 11 is 0. The fraction of sp³-hybridized carbons (Fsp3) is 0.577. The molecule has 1 spiro atoms. The molecule has 40 heavy (non-hydrogen) atoms. The number of benzene rings is 1. The van der Waals surface area contributed by atoms with Gasteiger partial charge in [-0.05, 0) is 67.7 Å². The van der Waals surface area contributed by atoms with Gasteiger partial charge in [-0.25, -0.2) is 14.6 Å². The van der Waals surface area contributed by atoms with E-state index in [2.05, 4.69) is 51.1 Å². The Labute approximate surface area is 227 Å². The van der Waals surface area contributed by atoms with Crippen molar-refractivity contribution in [3.63, 3.8) is 0 Å². The van der Waals surface area contributed by atoms with Crippen LogP contribution in [0.15, 0.2) is 36.7 Å². The second-order valence-electron chi connectivity index (χ2n) is 10.3. The lowest BCUT2D eigenvalue weighted by Gasteiger charge is -2.40. The third-order valence-corrected chi connectivity index (χ3v) is 7.44. The molecule has 14 heteroatoms. The fourth-order valence-electron chi connectivity index (χ4n) is 5.16. The summed E-state index contributed by atoms with van der Waals surface area (Å²) in [5, 5.41) is 18.1. The van der Waals surface area contributed by atoms with Crippen LogP contribution in [0, 0.1) is 5.92 Å². The summed E-state index contributed by atoms with van der Waals surface area (Å²) in [6.45, 7) is 4.73. The van der Waals surface area contributed by atoms with E-state index in [4.69, 9.17) is 19.8 Å². The standard InChI is InChI=1S/C22H30N4.2C2HF3O2/c1-25-13-10-23-21(25)15-24-20-14-22(19-5-3-2-4-18(19)20)8-11-26(12-9-22)16-17-6-7-17;2*3-2(4,5)1(6)7/h2-5,10,13,17,20,24H,6-9,11-12,14-16H2,1H3;2*(H,6,7). The first-order valence-electron chi connectivity index (χ1n) is 12.7. The number of carbonyl (C=O) groups is 2. The molecule has 2 aromatic rings. The Kier molecular flexibility index (Phi) is 9.88. The molecule has 5 rings (SSSR count). The van der Waals surface area contributed by atoms with E-state index in [-0.39, 0.29) is 0 Å². The highest BCUT2D eigenvalue weighted by atomic mass is 19.4. The third-order valence-electron chi connectivity index (χ3n) is 7.44. The zero-order chi connectivity index (χ0) is 29.7. The van der Waals surface area contributed by atoms with E-state index < -0.39 is 24.3 Å². The van der Waals surface area contributed by atoms with Gasteiger partial charge in [-0.1, -0.05) is 24.3 Å². The summed E-state index contributed by atoms with van der Waals surface area (Å²) in [4.78, 5) is 25.0. The lowest BCUT2D eigenvalue weighted by atomic mass is 9.73. The first-order chi connectivity index (χ1) is 18.6. The van der Waals surface area contributed by atoms with Gasteiger partial charge in [0, 0.05) is 32.0 Å². The van der Waals surface area contributed by atoms with E-state index in [1.807, 2.05) is 12.4 Å². The predicted octanol–water partition coefficient (Wildman–Crippen LogP) is 4.66. The number of aryl methyl sites for hydroxylation is 1. The summed E-state index contributed by atoms with van der Waals surface area (Å²) in [6.07, 6.45) is 0.545. The molecule has 3 N–H and O–H groups in total. The molecule has 2 fully saturated rings. The van der Waals surface area contributed by atoms with Gasteiger partial charge >= 0.3 is 24.3 Å². The maximum atomic E-state index is 10.6. The minimum absolute atomic E-state index is 0.385.